The van der Waals surface area contributed by atoms with Gasteiger partial charge in [0.15, 0.2) is 0 Å². The van der Waals surface area contributed by atoms with Crippen molar-refractivity contribution in [2.75, 3.05) is 0 Å². The van der Waals surface area contributed by atoms with E-state index in [0.717, 1.165) is 5.38 Å². The van der Waals surface area contributed by atoms with Crippen molar-refractivity contribution in [2.24, 2.45) is 10.8 Å². The Morgan fingerprint density at radius 2 is 1.10 bits per heavy atom. The average molecular weight is 191 g/mol. The van der Waals surface area contributed by atoms with Crippen LogP contribution < -0.4 is 12.4 Å². The van der Waals surface area contributed by atoms with Gasteiger partial charge in [-0.2, -0.15) is 10.8 Å². The van der Waals surface area contributed by atoms with Gasteiger partial charge in [-0.05, 0) is 0 Å². The molecule has 0 aromatic heterocycles. The van der Waals surface area contributed by atoms with E-state index in [9.17, 15) is 0 Å². The molecule has 0 saturated heterocycles. The van der Waals surface area contributed by atoms with Crippen molar-refractivity contribution in [3.63, 3.8) is 0 Å². The van der Waals surface area contributed by atoms with E-state index in [-0.39, 0.29) is 46.3 Å². The summed E-state index contributed by atoms with van der Waals surface area (Å²) in [6, 6.07) is 0. The molecule has 1 saturated carbocycles. The third kappa shape index (κ3) is 1.57. The fourth-order valence-corrected chi connectivity index (χ4v) is 1.39. The first kappa shape index (κ1) is 13.9. The Balaban J connectivity index is 0. The quantitative estimate of drug-likeness (QED) is 0.356. The molecule has 1 fully saturated rings. The predicted molar refractivity (Wildman–Crippen MR) is 42.4 cm³/mol. The molecule has 0 aromatic carbocycles. The Kier molecular flexibility index (Phi) is 4.70. The molecule has 1 rings (SSSR count). The number of hydrogen-bond acceptors (Lipinski definition) is 0. The fourth-order valence-electron chi connectivity index (χ4n) is 0.963. The molecule has 0 N–H and O–H groups in total. The zero-order valence-corrected chi connectivity index (χ0v) is 9.89. The van der Waals surface area contributed by atoms with Crippen LogP contribution in [0.25, 0.3) is 0 Å². The van der Waals surface area contributed by atoms with Gasteiger partial charge in [-0.25, -0.2) is 5.38 Å². The van der Waals surface area contributed by atoms with Crippen LogP contribution in [0.4, 0.5) is 0 Å². The summed E-state index contributed by atoms with van der Waals surface area (Å²) in [5.74, 6) is 0. The molecule has 10 heavy (non-hydrogen) atoms. The summed E-state index contributed by atoms with van der Waals surface area (Å²) in [5, 5.41) is 1.12. The number of halogens is 2. The van der Waals surface area contributed by atoms with Gasteiger partial charge in [0.1, 0.15) is 0 Å². The van der Waals surface area contributed by atoms with Gasteiger partial charge in [-0.3, -0.25) is 0 Å². The standard InChI is InChI=1S/C7H12Cl.ClH.Mg/c1-6(2)5(8)7(6,3)4;;/h1-4H3;1H;/q-1;;+2/p-1. The van der Waals surface area contributed by atoms with Crippen LogP contribution >= 0.6 is 11.6 Å². The molecular formula is C7H12Cl2Mg. The Hall–Kier alpha value is 1.35. The second-order valence-corrected chi connectivity index (χ2v) is 3.94. The molecule has 1 aliphatic rings. The molecule has 0 atom stereocenters. The van der Waals surface area contributed by atoms with Crippen LogP contribution in [0.5, 0.6) is 0 Å². The monoisotopic (exact) mass is 190 g/mol. The molecule has 0 amide bonds. The van der Waals surface area contributed by atoms with E-state index in [1.165, 1.54) is 0 Å². The van der Waals surface area contributed by atoms with E-state index >= 15 is 0 Å². The molecule has 0 heterocycles. The minimum atomic E-state index is 0. The Labute approximate surface area is 90.6 Å². The third-order valence-corrected chi connectivity index (χ3v) is 3.54. The van der Waals surface area contributed by atoms with Crippen LogP contribution in [-0.2, 0) is 0 Å². The van der Waals surface area contributed by atoms with E-state index in [0.29, 0.717) is 0 Å². The SMILES string of the molecule is CC1(C)[C-](Cl)C1(C)C.[Cl-].[Mg+2]. The van der Waals surface area contributed by atoms with Crippen molar-refractivity contribution in [3.05, 3.63) is 5.38 Å². The Bertz CT molecular complexity index is 107. The van der Waals surface area contributed by atoms with Gasteiger partial charge in [0.2, 0.25) is 0 Å². The molecule has 56 valence electrons. The van der Waals surface area contributed by atoms with Crippen molar-refractivity contribution in [2.45, 2.75) is 27.7 Å². The summed E-state index contributed by atoms with van der Waals surface area (Å²) in [4.78, 5) is 0. The molecule has 0 aliphatic heterocycles. The molecule has 3 heteroatoms. The second kappa shape index (κ2) is 3.38. The molecule has 0 bridgehead atoms. The number of rotatable bonds is 0. The molecule has 0 aromatic rings. The maximum absolute atomic E-state index is 5.89. The number of hydrogen-bond donors (Lipinski definition) is 0. The summed E-state index contributed by atoms with van der Waals surface area (Å²) in [6.07, 6.45) is 0. The van der Waals surface area contributed by atoms with Crippen LogP contribution in [0, 0.1) is 16.2 Å². The van der Waals surface area contributed by atoms with Gasteiger partial charge in [0, 0.05) is 0 Å². The maximum atomic E-state index is 5.89. The van der Waals surface area contributed by atoms with Gasteiger partial charge >= 0.3 is 23.1 Å². The van der Waals surface area contributed by atoms with Crippen molar-refractivity contribution in [3.8, 4) is 0 Å². The summed E-state index contributed by atoms with van der Waals surface area (Å²) >= 11 is 5.89. The molecule has 0 nitrogen and oxygen atoms in total. The van der Waals surface area contributed by atoms with Gasteiger partial charge in [0.25, 0.3) is 0 Å². The van der Waals surface area contributed by atoms with Gasteiger partial charge in [-0.1, -0.05) is 27.7 Å². The van der Waals surface area contributed by atoms with E-state index in [2.05, 4.69) is 27.7 Å². The van der Waals surface area contributed by atoms with Crippen molar-refractivity contribution < 1.29 is 12.4 Å². The topological polar surface area (TPSA) is 0 Å². The van der Waals surface area contributed by atoms with Crippen molar-refractivity contribution >= 4 is 34.7 Å². The predicted octanol–water partition coefficient (Wildman–Crippen LogP) is -0.554. The van der Waals surface area contributed by atoms with Crippen LogP contribution in [0.3, 0.4) is 0 Å². The second-order valence-electron chi connectivity index (χ2n) is 3.56. The average Bonchev–Trinajstić information content (AvgIpc) is 1.88. The van der Waals surface area contributed by atoms with Crippen LogP contribution in [0.2, 0.25) is 0 Å². The minimum absolute atomic E-state index is 0. The van der Waals surface area contributed by atoms with Gasteiger partial charge in [0.05, 0.1) is 0 Å². The first-order valence-electron chi connectivity index (χ1n) is 2.94. The Morgan fingerprint density at radius 1 is 1.00 bits per heavy atom. The molecular weight excluding hydrogens is 179 g/mol. The smallest absolute Gasteiger partial charge is 1.00 e. The van der Waals surface area contributed by atoms with Crippen LogP contribution in [-0.4, -0.2) is 23.1 Å². The molecule has 1 aliphatic carbocycles. The van der Waals surface area contributed by atoms with Crippen LogP contribution in [0.15, 0.2) is 0 Å². The van der Waals surface area contributed by atoms with Crippen molar-refractivity contribution in [1.29, 1.82) is 0 Å². The zero-order valence-electron chi connectivity index (χ0n) is 6.96. The largest absolute Gasteiger partial charge is 2.00 e. The van der Waals surface area contributed by atoms with Crippen LogP contribution in [0.1, 0.15) is 27.7 Å². The molecule has 0 radical (unpaired) electrons. The normalized spacial score (nSPS) is 26.1. The summed E-state index contributed by atoms with van der Waals surface area (Å²) in [7, 11) is 0. The first-order valence-corrected chi connectivity index (χ1v) is 3.32. The van der Waals surface area contributed by atoms with E-state index < -0.39 is 0 Å². The van der Waals surface area contributed by atoms with E-state index in [1.807, 2.05) is 0 Å². The van der Waals surface area contributed by atoms with E-state index in [1.54, 1.807) is 0 Å². The summed E-state index contributed by atoms with van der Waals surface area (Å²) in [5.41, 5.74) is 0.573. The first-order chi connectivity index (χ1) is 3.40. The Morgan fingerprint density at radius 3 is 1.10 bits per heavy atom. The molecule has 0 unspecified atom stereocenters. The zero-order chi connectivity index (χ0) is 6.58. The maximum Gasteiger partial charge on any atom is 2.00 e. The molecule has 0 spiro atoms. The van der Waals surface area contributed by atoms with Gasteiger partial charge < -0.3 is 24.0 Å². The summed E-state index contributed by atoms with van der Waals surface area (Å²) in [6.45, 7) is 8.70. The minimum Gasteiger partial charge on any atom is -1.00 e. The third-order valence-electron chi connectivity index (χ3n) is 2.60. The fraction of sp³-hybridized carbons (Fsp3) is 0.857. The van der Waals surface area contributed by atoms with Gasteiger partial charge in [-0.15, -0.1) is 0 Å². The van der Waals surface area contributed by atoms with E-state index in [4.69, 9.17) is 11.6 Å². The summed E-state index contributed by atoms with van der Waals surface area (Å²) < 4.78 is 0. The van der Waals surface area contributed by atoms with Crippen molar-refractivity contribution in [1.82, 2.24) is 0 Å².